The van der Waals surface area contributed by atoms with E-state index in [2.05, 4.69) is 15.5 Å². The number of rotatable bonds is 7. The summed E-state index contributed by atoms with van der Waals surface area (Å²) in [6.07, 6.45) is 2.84. The molecule has 0 aliphatic rings. The Kier molecular flexibility index (Phi) is 6.74. The van der Waals surface area contributed by atoms with Crippen LogP contribution in [0.3, 0.4) is 0 Å². The number of carbonyl (C=O) groups is 2. The molecule has 0 aliphatic heterocycles. The lowest BCUT2D eigenvalue weighted by molar-refractivity contribution is 0.0696. The molecule has 2 N–H and O–H groups in total. The first-order valence-electron chi connectivity index (χ1n) is 11.2. The second-order valence-electron chi connectivity index (χ2n) is 7.91. The normalized spacial score (nSPS) is 11.1. The third-order valence-electron chi connectivity index (χ3n) is 5.54. The summed E-state index contributed by atoms with van der Waals surface area (Å²) >= 11 is 6.23. The van der Waals surface area contributed by atoms with Gasteiger partial charge in [-0.25, -0.2) is 10.2 Å². The van der Waals surface area contributed by atoms with Gasteiger partial charge in [0.15, 0.2) is 11.5 Å². The van der Waals surface area contributed by atoms with Crippen molar-refractivity contribution in [1.82, 2.24) is 10.4 Å². The standard InChI is InChI=1S/C28H20ClN3O5/c1-35-24-14-17(9-12-22(24)37-28(34)23-8-5-13-36-23)16-30-32-27(33)26-25(18-6-3-2-4-7-18)20-15-19(29)10-11-21(20)31-26/h2-16,31H,1H3,(H,32,33). The van der Waals surface area contributed by atoms with Crippen molar-refractivity contribution in [2.24, 2.45) is 5.10 Å². The van der Waals surface area contributed by atoms with Crippen LogP contribution in [-0.2, 0) is 0 Å². The van der Waals surface area contributed by atoms with E-state index in [9.17, 15) is 9.59 Å². The number of aromatic nitrogens is 1. The van der Waals surface area contributed by atoms with Crippen LogP contribution in [-0.4, -0.2) is 30.2 Å². The van der Waals surface area contributed by atoms with Gasteiger partial charge in [-0.05, 0) is 59.7 Å². The highest BCUT2D eigenvalue weighted by atomic mass is 35.5. The Hall–Kier alpha value is -4.82. The smallest absolute Gasteiger partial charge is 0.379 e. The molecule has 0 atom stereocenters. The molecule has 37 heavy (non-hydrogen) atoms. The van der Waals surface area contributed by atoms with Crippen molar-refractivity contribution in [3.05, 3.63) is 107 Å². The Bertz CT molecular complexity index is 1610. The van der Waals surface area contributed by atoms with Gasteiger partial charge in [0, 0.05) is 21.5 Å². The maximum Gasteiger partial charge on any atom is 0.379 e. The minimum atomic E-state index is -0.647. The molecule has 5 rings (SSSR count). The Balaban J connectivity index is 1.36. The highest BCUT2D eigenvalue weighted by Gasteiger charge is 2.19. The van der Waals surface area contributed by atoms with Crippen LogP contribution in [0.2, 0.25) is 5.02 Å². The van der Waals surface area contributed by atoms with E-state index in [0.717, 1.165) is 22.0 Å². The van der Waals surface area contributed by atoms with Gasteiger partial charge in [0.25, 0.3) is 5.91 Å². The second-order valence-corrected chi connectivity index (χ2v) is 8.34. The van der Waals surface area contributed by atoms with E-state index in [-0.39, 0.29) is 11.5 Å². The van der Waals surface area contributed by atoms with Crippen molar-refractivity contribution in [2.45, 2.75) is 0 Å². The number of hydrogen-bond donors (Lipinski definition) is 2. The van der Waals surface area contributed by atoms with Crippen molar-refractivity contribution in [2.75, 3.05) is 7.11 Å². The molecule has 2 aromatic heterocycles. The fraction of sp³-hybridized carbons (Fsp3) is 0.0357. The lowest BCUT2D eigenvalue weighted by atomic mass is 10.0. The number of carbonyl (C=O) groups excluding carboxylic acids is 2. The fourth-order valence-corrected chi connectivity index (χ4v) is 4.03. The van der Waals surface area contributed by atoms with Gasteiger partial charge < -0.3 is 18.9 Å². The Morgan fingerprint density at radius 1 is 1.00 bits per heavy atom. The number of nitrogens with zero attached hydrogens (tertiary/aromatic N) is 1. The molecule has 0 aliphatic carbocycles. The van der Waals surface area contributed by atoms with Crippen LogP contribution >= 0.6 is 11.6 Å². The summed E-state index contributed by atoms with van der Waals surface area (Å²) in [5.74, 6) is -0.461. The maximum atomic E-state index is 13.1. The summed E-state index contributed by atoms with van der Waals surface area (Å²) in [5, 5.41) is 5.50. The molecule has 0 saturated heterocycles. The summed E-state index contributed by atoms with van der Waals surface area (Å²) in [5.41, 5.74) is 5.92. The zero-order valence-electron chi connectivity index (χ0n) is 19.5. The monoisotopic (exact) mass is 513 g/mol. The van der Waals surface area contributed by atoms with E-state index < -0.39 is 11.9 Å². The van der Waals surface area contributed by atoms with Crippen LogP contribution in [0.15, 0.2) is 94.6 Å². The molecule has 0 radical (unpaired) electrons. The third kappa shape index (κ3) is 5.10. The number of esters is 1. The molecule has 0 saturated carbocycles. The van der Waals surface area contributed by atoms with Gasteiger partial charge in [-0.3, -0.25) is 4.79 Å². The summed E-state index contributed by atoms with van der Waals surface area (Å²) in [6, 6.07) is 22.9. The average Bonchev–Trinajstić information content (AvgIpc) is 3.58. The van der Waals surface area contributed by atoms with E-state index in [1.54, 1.807) is 30.3 Å². The number of fused-ring (bicyclic) bond motifs is 1. The maximum absolute atomic E-state index is 13.1. The molecule has 3 aromatic carbocycles. The van der Waals surface area contributed by atoms with Crippen molar-refractivity contribution in [1.29, 1.82) is 0 Å². The Morgan fingerprint density at radius 3 is 2.59 bits per heavy atom. The highest BCUT2D eigenvalue weighted by Crippen LogP contribution is 2.34. The number of hydrogen-bond acceptors (Lipinski definition) is 6. The molecular formula is C28H20ClN3O5. The number of nitrogens with one attached hydrogen (secondary N) is 2. The molecule has 0 fully saturated rings. The number of aromatic amines is 1. The SMILES string of the molecule is COc1cc(C=NNC(=O)c2[nH]c3ccc(Cl)cc3c2-c2ccccc2)ccc1OC(=O)c1ccco1. The second kappa shape index (κ2) is 10.4. The highest BCUT2D eigenvalue weighted by molar-refractivity contribution is 6.31. The third-order valence-corrected chi connectivity index (χ3v) is 5.78. The zero-order chi connectivity index (χ0) is 25.8. The zero-order valence-corrected chi connectivity index (χ0v) is 20.3. The molecule has 1 amide bonds. The largest absolute Gasteiger partial charge is 0.493 e. The predicted octanol–water partition coefficient (Wildman–Crippen LogP) is 6.07. The quantitative estimate of drug-likeness (QED) is 0.119. The number of amides is 1. The van der Waals surface area contributed by atoms with Crippen LogP contribution in [0.1, 0.15) is 26.6 Å². The molecule has 8 nitrogen and oxygen atoms in total. The molecule has 2 heterocycles. The number of methoxy groups -OCH3 is 1. The number of ether oxygens (including phenoxy) is 2. The summed E-state index contributed by atoms with van der Waals surface area (Å²) < 4.78 is 15.7. The minimum Gasteiger partial charge on any atom is -0.493 e. The van der Waals surface area contributed by atoms with Crippen molar-refractivity contribution in [3.63, 3.8) is 0 Å². The summed E-state index contributed by atoms with van der Waals surface area (Å²) in [4.78, 5) is 28.5. The Morgan fingerprint density at radius 2 is 1.84 bits per heavy atom. The first-order chi connectivity index (χ1) is 18.0. The van der Waals surface area contributed by atoms with Crippen LogP contribution in [0.5, 0.6) is 11.5 Å². The van der Waals surface area contributed by atoms with Gasteiger partial charge in [0.1, 0.15) is 5.69 Å². The molecular weight excluding hydrogens is 494 g/mol. The first-order valence-corrected chi connectivity index (χ1v) is 11.5. The van der Waals surface area contributed by atoms with Gasteiger partial charge in [-0.15, -0.1) is 0 Å². The van der Waals surface area contributed by atoms with Gasteiger partial charge >= 0.3 is 5.97 Å². The number of hydrazone groups is 1. The van der Waals surface area contributed by atoms with Gasteiger partial charge in [0.05, 0.1) is 19.6 Å². The van der Waals surface area contributed by atoms with Crippen LogP contribution < -0.4 is 14.9 Å². The van der Waals surface area contributed by atoms with Gasteiger partial charge in [-0.2, -0.15) is 5.10 Å². The lowest BCUT2D eigenvalue weighted by Crippen LogP contribution is -2.18. The number of furan rings is 1. The molecule has 9 heteroatoms. The first kappa shape index (κ1) is 23.9. The topological polar surface area (TPSA) is 106 Å². The molecule has 184 valence electrons. The molecule has 5 aromatic rings. The number of H-pyrrole nitrogens is 1. The fourth-order valence-electron chi connectivity index (χ4n) is 3.85. The molecule has 0 unspecified atom stereocenters. The van der Waals surface area contributed by atoms with Crippen LogP contribution in [0.4, 0.5) is 0 Å². The van der Waals surface area contributed by atoms with E-state index in [1.165, 1.54) is 25.7 Å². The summed E-state index contributed by atoms with van der Waals surface area (Å²) in [7, 11) is 1.45. The number of benzene rings is 3. The van der Waals surface area contributed by atoms with E-state index in [4.69, 9.17) is 25.5 Å². The van der Waals surface area contributed by atoms with Gasteiger partial charge in [-0.1, -0.05) is 41.9 Å². The van der Waals surface area contributed by atoms with Gasteiger partial charge in [0.2, 0.25) is 5.76 Å². The van der Waals surface area contributed by atoms with Crippen molar-refractivity contribution >= 4 is 40.6 Å². The minimum absolute atomic E-state index is 0.0736. The average molecular weight is 514 g/mol. The predicted molar refractivity (Wildman–Crippen MR) is 140 cm³/mol. The van der Waals surface area contributed by atoms with E-state index in [1.807, 2.05) is 42.5 Å². The lowest BCUT2D eigenvalue weighted by Gasteiger charge is -2.09. The Labute approximate surface area is 216 Å². The molecule has 0 bridgehead atoms. The van der Waals surface area contributed by atoms with E-state index >= 15 is 0 Å². The van der Waals surface area contributed by atoms with E-state index in [0.29, 0.717) is 22.0 Å². The van der Waals surface area contributed by atoms with Crippen LogP contribution in [0.25, 0.3) is 22.0 Å². The van der Waals surface area contributed by atoms with Crippen LogP contribution in [0, 0.1) is 0 Å². The summed E-state index contributed by atoms with van der Waals surface area (Å²) in [6.45, 7) is 0. The van der Waals surface area contributed by atoms with Crippen molar-refractivity contribution in [3.8, 4) is 22.6 Å². The number of halogens is 1. The molecule has 0 spiro atoms. The van der Waals surface area contributed by atoms with Crippen molar-refractivity contribution < 1.29 is 23.5 Å².